The Bertz CT molecular complexity index is 299. The highest BCUT2D eigenvalue weighted by Gasteiger charge is 2.40. The molecule has 2 aliphatic heterocycles. The van der Waals surface area contributed by atoms with Gasteiger partial charge in [-0.3, -0.25) is 4.78 Å². The molecule has 2 fully saturated rings. The highest BCUT2D eigenvalue weighted by Crippen LogP contribution is 2.35. The van der Waals surface area contributed by atoms with Crippen LogP contribution >= 0.6 is 0 Å². The summed E-state index contributed by atoms with van der Waals surface area (Å²) in [5.74, 6) is 0.972. The van der Waals surface area contributed by atoms with Crippen molar-refractivity contribution >= 4 is 9.73 Å². The molecular formula is C9H18N2O2S. The summed E-state index contributed by atoms with van der Waals surface area (Å²) in [6.45, 7) is 0.723. The summed E-state index contributed by atoms with van der Waals surface area (Å²) in [6, 6.07) is 0.226. The fraction of sp³-hybridized carbons (Fsp3) is 1.00. The summed E-state index contributed by atoms with van der Waals surface area (Å²) in [5, 5.41) is 0. The molecule has 2 rings (SSSR count). The molecule has 14 heavy (non-hydrogen) atoms. The minimum absolute atomic E-state index is 0.139. The van der Waals surface area contributed by atoms with Crippen LogP contribution in [0.3, 0.4) is 0 Å². The van der Waals surface area contributed by atoms with E-state index in [0.29, 0.717) is 11.5 Å². The van der Waals surface area contributed by atoms with Crippen molar-refractivity contribution < 1.29 is 8.95 Å². The molecule has 1 spiro atoms. The Balaban J connectivity index is 2.04. The molecule has 3 N–H and O–H groups in total. The molecule has 5 heteroatoms. The fourth-order valence-electron chi connectivity index (χ4n) is 2.34. The second-order valence-corrected chi connectivity index (χ2v) is 6.94. The zero-order chi connectivity index (χ0) is 10.2. The lowest BCUT2D eigenvalue weighted by molar-refractivity contribution is -0.0894. The number of rotatable bonds is 0. The highest BCUT2D eigenvalue weighted by molar-refractivity contribution is 7.92. The normalized spacial score (nSPS) is 49.4. The SMILES string of the molecule is N=S1(=O)CCC2(CC1)CC(N)CCO2. The molecule has 0 amide bonds. The van der Waals surface area contributed by atoms with Crippen LogP contribution in [0, 0.1) is 4.78 Å². The predicted octanol–water partition coefficient (Wildman–Crippen LogP) is 0.703. The molecular weight excluding hydrogens is 200 g/mol. The lowest BCUT2D eigenvalue weighted by Gasteiger charge is -2.42. The molecule has 4 nitrogen and oxygen atoms in total. The van der Waals surface area contributed by atoms with E-state index in [4.69, 9.17) is 15.3 Å². The van der Waals surface area contributed by atoms with Crippen molar-refractivity contribution in [3.8, 4) is 0 Å². The smallest absolute Gasteiger partial charge is 0.0715 e. The first-order chi connectivity index (χ1) is 6.52. The van der Waals surface area contributed by atoms with Gasteiger partial charge in [0.15, 0.2) is 0 Å². The summed E-state index contributed by atoms with van der Waals surface area (Å²) in [4.78, 5) is 0. The quantitative estimate of drug-likeness (QED) is 0.628. The van der Waals surface area contributed by atoms with Crippen molar-refractivity contribution in [2.24, 2.45) is 5.73 Å². The predicted molar refractivity (Wildman–Crippen MR) is 55.7 cm³/mol. The summed E-state index contributed by atoms with van der Waals surface area (Å²) < 4.78 is 24.8. The molecule has 0 aromatic heterocycles. The van der Waals surface area contributed by atoms with Crippen molar-refractivity contribution in [2.75, 3.05) is 18.1 Å². The van der Waals surface area contributed by atoms with Gasteiger partial charge in [0.1, 0.15) is 0 Å². The average Bonchev–Trinajstić information content (AvgIpc) is 2.12. The van der Waals surface area contributed by atoms with Gasteiger partial charge in [0.25, 0.3) is 0 Å². The Kier molecular flexibility index (Phi) is 2.57. The first-order valence-electron chi connectivity index (χ1n) is 5.15. The van der Waals surface area contributed by atoms with Crippen LogP contribution in [0.25, 0.3) is 0 Å². The van der Waals surface area contributed by atoms with Crippen LogP contribution in [-0.2, 0) is 14.5 Å². The van der Waals surface area contributed by atoms with Crippen molar-refractivity contribution in [1.82, 2.24) is 0 Å². The molecule has 0 bridgehead atoms. The minimum Gasteiger partial charge on any atom is -0.375 e. The van der Waals surface area contributed by atoms with Crippen LogP contribution in [0.15, 0.2) is 0 Å². The number of ether oxygens (including phenoxy) is 1. The second kappa shape index (κ2) is 3.47. The van der Waals surface area contributed by atoms with Gasteiger partial charge in [-0.05, 0) is 25.7 Å². The van der Waals surface area contributed by atoms with Crippen LogP contribution in [-0.4, -0.2) is 34.0 Å². The number of hydrogen-bond donors (Lipinski definition) is 2. The average molecular weight is 218 g/mol. The van der Waals surface area contributed by atoms with Gasteiger partial charge in [0.2, 0.25) is 0 Å². The topological polar surface area (TPSA) is 76.2 Å². The molecule has 82 valence electrons. The van der Waals surface area contributed by atoms with Crippen LogP contribution < -0.4 is 5.73 Å². The van der Waals surface area contributed by atoms with Crippen LogP contribution in [0.2, 0.25) is 0 Å². The Morgan fingerprint density at radius 2 is 2.07 bits per heavy atom. The van der Waals surface area contributed by atoms with E-state index < -0.39 is 9.73 Å². The summed E-state index contributed by atoms with van der Waals surface area (Å²) in [5.41, 5.74) is 5.77. The van der Waals surface area contributed by atoms with E-state index in [0.717, 1.165) is 32.3 Å². The third-order valence-corrected chi connectivity index (χ3v) is 5.03. The Labute approximate surface area is 85.2 Å². The fourth-order valence-corrected chi connectivity index (χ4v) is 3.95. The molecule has 0 aromatic rings. The summed E-state index contributed by atoms with van der Waals surface area (Å²) in [7, 11) is -2.30. The summed E-state index contributed by atoms with van der Waals surface area (Å²) in [6.07, 6.45) is 3.31. The van der Waals surface area contributed by atoms with E-state index in [9.17, 15) is 4.21 Å². The van der Waals surface area contributed by atoms with E-state index in [1.54, 1.807) is 0 Å². The molecule has 0 radical (unpaired) electrons. The highest BCUT2D eigenvalue weighted by atomic mass is 32.2. The molecule has 0 aliphatic carbocycles. The number of nitrogens with two attached hydrogens (primary N) is 1. The van der Waals surface area contributed by atoms with E-state index in [1.807, 2.05) is 0 Å². The van der Waals surface area contributed by atoms with E-state index in [-0.39, 0.29) is 11.6 Å². The zero-order valence-corrected chi connectivity index (χ0v) is 9.15. The van der Waals surface area contributed by atoms with Gasteiger partial charge in [0, 0.05) is 33.9 Å². The third kappa shape index (κ3) is 2.10. The molecule has 2 saturated heterocycles. The molecule has 1 unspecified atom stereocenters. The molecule has 2 aliphatic rings. The maximum atomic E-state index is 11.5. The van der Waals surface area contributed by atoms with E-state index in [1.165, 1.54) is 0 Å². The van der Waals surface area contributed by atoms with Gasteiger partial charge in [-0.2, -0.15) is 0 Å². The minimum atomic E-state index is -2.30. The Hall–Kier alpha value is -0.130. The van der Waals surface area contributed by atoms with Crippen molar-refractivity contribution in [3.63, 3.8) is 0 Å². The maximum Gasteiger partial charge on any atom is 0.0715 e. The van der Waals surface area contributed by atoms with Crippen molar-refractivity contribution in [2.45, 2.75) is 37.3 Å². The van der Waals surface area contributed by atoms with Gasteiger partial charge in [0.05, 0.1) is 5.60 Å². The third-order valence-electron chi connectivity index (χ3n) is 3.31. The van der Waals surface area contributed by atoms with Gasteiger partial charge in [-0.15, -0.1) is 0 Å². The summed E-state index contributed by atoms with van der Waals surface area (Å²) >= 11 is 0. The van der Waals surface area contributed by atoms with E-state index >= 15 is 0 Å². The van der Waals surface area contributed by atoms with Crippen LogP contribution in [0.1, 0.15) is 25.7 Å². The molecule has 1 atom stereocenters. The van der Waals surface area contributed by atoms with Gasteiger partial charge >= 0.3 is 0 Å². The van der Waals surface area contributed by atoms with Crippen LogP contribution in [0.5, 0.6) is 0 Å². The number of hydrogen-bond acceptors (Lipinski definition) is 4. The lowest BCUT2D eigenvalue weighted by Crippen LogP contribution is -2.49. The first kappa shape index (κ1) is 10.4. The van der Waals surface area contributed by atoms with E-state index in [2.05, 4.69) is 0 Å². The number of nitrogens with one attached hydrogen (secondary N) is 1. The van der Waals surface area contributed by atoms with Crippen molar-refractivity contribution in [3.05, 3.63) is 0 Å². The van der Waals surface area contributed by atoms with Gasteiger partial charge in [-0.1, -0.05) is 0 Å². The second-order valence-electron chi connectivity index (χ2n) is 4.50. The van der Waals surface area contributed by atoms with Gasteiger partial charge in [-0.25, -0.2) is 4.21 Å². The van der Waals surface area contributed by atoms with Crippen LogP contribution in [0.4, 0.5) is 0 Å². The molecule has 0 saturated carbocycles. The monoisotopic (exact) mass is 218 g/mol. The standard InChI is InChI=1S/C9H18N2O2S/c10-8-1-4-13-9(7-8)2-5-14(11,12)6-3-9/h8,11H,1-7,10H2. The molecule has 2 heterocycles. The molecule has 0 aromatic carbocycles. The lowest BCUT2D eigenvalue weighted by atomic mass is 9.86. The van der Waals surface area contributed by atoms with Crippen molar-refractivity contribution in [1.29, 1.82) is 4.78 Å². The first-order valence-corrected chi connectivity index (χ1v) is 7.05. The Morgan fingerprint density at radius 3 is 2.64 bits per heavy atom. The largest absolute Gasteiger partial charge is 0.375 e. The maximum absolute atomic E-state index is 11.5. The Morgan fingerprint density at radius 1 is 1.43 bits per heavy atom. The zero-order valence-electron chi connectivity index (χ0n) is 8.33. The van der Waals surface area contributed by atoms with Gasteiger partial charge < -0.3 is 10.5 Å².